The fourth-order valence-electron chi connectivity index (χ4n) is 4.34. The molecular formula is C26H30N4O4S. The van der Waals surface area contributed by atoms with Crippen LogP contribution in [-0.4, -0.2) is 38.0 Å². The second-order valence-electron chi connectivity index (χ2n) is 9.18. The molecule has 184 valence electrons. The van der Waals surface area contributed by atoms with Gasteiger partial charge < -0.3 is 9.84 Å². The maximum absolute atomic E-state index is 13.5. The van der Waals surface area contributed by atoms with E-state index < -0.39 is 6.16 Å². The molecule has 1 saturated carbocycles. The molecule has 1 aliphatic carbocycles. The zero-order chi connectivity index (χ0) is 24.9. The van der Waals surface area contributed by atoms with Crippen molar-refractivity contribution >= 4 is 41.4 Å². The van der Waals surface area contributed by atoms with Crippen molar-refractivity contribution in [3.05, 3.63) is 52.6 Å². The van der Waals surface area contributed by atoms with Gasteiger partial charge in [0.15, 0.2) is 5.75 Å². The minimum Gasteiger partial charge on any atom is -0.449 e. The van der Waals surface area contributed by atoms with E-state index in [1.807, 2.05) is 55.6 Å². The Morgan fingerprint density at radius 3 is 2.49 bits per heavy atom. The average Bonchev–Trinajstić information content (AvgIpc) is 3.49. The quantitative estimate of drug-likeness (QED) is 0.397. The highest BCUT2D eigenvalue weighted by Crippen LogP contribution is 2.35. The molecule has 0 radical (unpaired) electrons. The smallest absolute Gasteiger partial charge is 0.449 e. The Morgan fingerprint density at radius 2 is 1.89 bits per heavy atom. The molecule has 3 aromatic rings. The number of thiazole rings is 1. The van der Waals surface area contributed by atoms with E-state index in [0.29, 0.717) is 5.92 Å². The molecule has 0 aliphatic heterocycles. The minimum absolute atomic E-state index is 0.0324. The van der Waals surface area contributed by atoms with Gasteiger partial charge in [-0.3, -0.25) is 9.69 Å². The van der Waals surface area contributed by atoms with Crippen LogP contribution in [-0.2, 0) is 4.79 Å². The van der Waals surface area contributed by atoms with Gasteiger partial charge in [-0.15, -0.1) is 16.4 Å². The summed E-state index contributed by atoms with van der Waals surface area (Å²) in [6.07, 6.45) is 9.43. The first kappa shape index (κ1) is 24.7. The number of amides is 1. The zero-order valence-corrected chi connectivity index (χ0v) is 20.9. The number of carbonyl (C=O) groups is 2. The predicted molar refractivity (Wildman–Crippen MR) is 137 cm³/mol. The summed E-state index contributed by atoms with van der Waals surface area (Å²) in [7, 11) is 0. The van der Waals surface area contributed by atoms with Gasteiger partial charge in [0.25, 0.3) is 0 Å². The molecule has 0 unspecified atom stereocenters. The van der Waals surface area contributed by atoms with Gasteiger partial charge in [0.05, 0.1) is 11.9 Å². The fourth-order valence-corrected chi connectivity index (χ4v) is 4.87. The van der Waals surface area contributed by atoms with Crippen LogP contribution >= 0.6 is 11.3 Å². The summed E-state index contributed by atoms with van der Waals surface area (Å²) in [5.74, 6) is 0.752. The van der Waals surface area contributed by atoms with E-state index in [4.69, 9.17) is 4.74 Å². The molecule has 35 heavy (non-hydrogen) atoms. The van der Waals surface area contributed by atoms with Crippen molar-refractivity contribution in [3.63, 3.8) is 0 Å². The van der Waals surface area contributed by atoms with E-state index in [1.54, 1.807) is 27.1 Å². The molecular weight excluding hydrogens is 464 g/mol. The first-order valence-electron chi connectivity index (χ1n) is 11.8. The molecule has 2 aromatic heterocycles. The van der Waals surface area contributed by atoms with E-state index in [1.165, 1.54) is 6.20 Å². The summed E-state index contributed by atoms with van der Waals surface area (Å²) >= 11 is 1.56. The fraction of sp³-hybridized carbons (Fsp3) is 0.385. The summed E-state index contributed by atoms with van der Waals surface area (Å²) in [4.78, 5) is 30.7. The van der Waals surface area contributed by atoms with Crippen molar-refractivity contribution in [2.24, 2.45) is 11.8 Å². The Balaban J connectivity index is 1.62. The van der Waals surface area contributed by atoms with Crippen LogP contribution < -0.4 is 9.64 Å². The maximum Gasteiger partial charge on any atom is 0.511 e. The van der Waals surface area contributed by atoms with Gasteiger partial charge in [0.2, 0.25) is 11.7 Å². The number of carboxylic acid groups (broad SMARTS) is 1. The average molecular weight is 495 g/mol. The van der Waals surface area contributed by atoms with Crippen LogP contribution in [0.2, 0.25) is 0 Å². The van der Waals surface area contributed by atoms with Gasteiger partial charge in [0, 0.05) is 23.5 Å². The van der Waals surface area contributed by atoms with E-state index >= 15 is 0 Å². The zero-order valence-electron chi connectivity index (χ0n) is 20.1. The van der Waals surface area contributed by atoms with Crippen molar-refractivity contribution < 1.29 is 19.4 Å². The standard InChI is InChI=1S/C26H30N4O4S/c1-17(2)30(25(31)20-9-4-18(3)5-10-20)24-22(34-26(32)33)16-29(28-24)21-11-6-19(7-12-21)8-13-23-27-14-15-35-23/h6-8,11-18,20H,4-5,9-10H2,1-3H3,(H,32,33)/b13-8+/t18-,20-. The highest BCUT2D eigenvalue weighted by Gasteiger charge is 2.34. The molecule has 1 fully saturated rings. The monoisotopic (exact) mass is 494 g/mol. The topological polar surface area (TPSA) is 97.6 Å². The third-order valence-corrected chi connectivity index (χ3v) is 6.97. The predicted octanol–water partition coefficient (Wildman–Crippen LogP) is 6.12. The molecule has 1 aromatic carbocycles. The highest BCUT2D eigenvalue weighted by atomic mass is 32.1. The number of ether oxygens (including phenoxy) is 1. The molecule has 1 amide bonds. The number of aromatic nitrogens is 3. The van der Waals surface area contributed by atoms with Crippen LogP contribution in [0.1, 0.15) is 57.0 Å². The van der Waals surface area contributed by atoms with E-state index in [2.05, 4.69) is 17.0 Å². The SMILES string of the molecule is CC(C)N(c1nn(-c2ccc(/C=C/c3nccs3)cc2)cc1OC(=O)O)C(=O)[C@H]1CC[C@H](C)CC1. The Kier molecular flexibility index (Phi) is 7.65. The van der Waals surface area contributed by atoms with Gasteiger partial charge in [-0.25, -0.2) is 14.5 Å². The van der Waals surface area contributed by atoms with Crippen molar-refractivity contribution in [3.8, 4) is 11.4 Å². The molecule has 9 heteroatoms. The van der Waals surface area contributed by atoms with Crippen LogP contribution in [0.25, 0.3) is 17.8 Å². The molecule has 0 atom stereocenters. The third kappa shape index (κ3) is 5.97. The first-order chi connectivity index (χ1) is 16.8. The second-order valence-corrected chi connectivity index (χ2v) is 10.1. The second kappa shape index (κ2) is 10.9. The summed E-state index contributed by atoms with van der Waals surface area (Å²) < 4.78 is 6.61. The third-order valence-electron chi connectivity index (χ3n) is 6.23. The number of hydrogen-bond acceptors (Lipinski definition) is 6. The molecule has 1 aliphatic rings. The summed E-state index contributed by atoms with van der Waals surface area (Å²) in [5, 5.41) is 16.8. The molecule has 4 rings (SSSR count). The molecule has 0 spiro atoms. The number of carbonyl (C=O) groups excluding carboxylic acids is 1. The van der Waals surface area contributed by atoms with Gasteiger partial charge in [0.1, 0.15) is 5.01 Å². The number of rotatable bonds is 7. The van der Waals surface area contributed by atoms with Gasteiger partial charge in [-0.2, -0.15) is 0 Å². The molecule has 8 nitrogen and oxygen atoms in total. The summed E-state index contributed by atoms with van der Waals surface area (Å²) in [6.45, 7) is 6.01. The Labute approximate surface area is 208 Å². The van der Waals surface area contributed by atoms with Crippen LogP contribution in [0, 0.1) is 11.8 Å². The Bertz CT molecular complexity index is 1180. The van der Waals surface area contributed by atoms with Crippen molar-refractivity contribution in [1.29, 1.82) is 0 Å². The first-order valence-corrected chi connectivity index (χ1v) is 12.7. The normalized spacial score (nSPS) is 18.2. The number of anilines is 1. The molecule has 1 N–H and O–H groups in total. The lowest BCUT2D eigenvalue weighted by Gasteiger charge is -2.32. The largest absolute Gasteiger partial charge is 0.511 e. The number of benzene rings is 1. The van der Waals surface area contributed by atoms with Crippen molar-refractivity contribution in [2.45, 2.75) is 52.5 Å². The lowest BCUT2D eigenvalue weighted by atomic mass is 9.82. The number of hydrogen-bond donors (Lipinski definition) is 1. The molecule has 0 saturated heterocycles. The van der Waals surface area contributed by atoms with Crippen molar-refractivity contribution in [1.82, 2.24) is 14.8 Å². The van der Waals surface area contributed by atoms with Crippen LogP contribution in [0.15, 0.2) is 42.0 Å². The summed E-state index contributed by atoms with van der Waals surface area (Å²) in [5.41, 5.74) is 1.71. The van der Waals surface area contributed by atoms with Gasteiger partial charge in [-0.05, 0) is 69.2 Å². The van der Waals surface area contributed by atoms with E-state index in [-0.39, 0.29) is 29.4 Å². The van der Waals surface area contributed by atoms with Gasteiger partial charge >= 0.3 is 6.16 Å². The minimum atomic E-state index is -1.45. The lowest BCUT2D eigenvalue weighted by Crippen LogP contribution is -2.42. The van der Waals surface area contributed by atoms with Crippen LogP contribution in [0.4, 0.5) is 10.6 Å². The summed E-state index contributed by atoms with van der Waals surface area (Å²) in [6, 6.07) is 7.43. The van der Waals surface area contributed by atoms with Gasteiger partial charge in [-0.1, -0.05) is 25.1 Å². The Hall–Kier alpha value is -3.46. The molecule has 2 heterocycles. The highest BCUT2D eigenvalue weighted by molar-refractivity contribution is 7.10. The molecule has 0 bridgehead atoms. The maximum atomic E-state index is 13.5. The number of nitrogens with zero attached hydrogens (tertiary/aromatic N) is 4. The Morgan fingerprint density at radius 1 is 1.17 bits per heavy atom. The van der Waals surface area contributed by atoms with Crippen molar-refractivity contribution in [2.75, 3.05) is 4.90 Å². The van der Waals surface area contributed by atoms with E-state index in [0.717, 1.165) is 41.9 Å². The lowest BCUT2D eigenvalue weighted by molar-refractivity contribution is -0.124. The van der Waals surface area contributed by atoms with E-state index in [9.17, 15) is 14.7 Å². The van der Waals surface area contributed by atoms with Crippen LogP contribution in [0.3, 0.4) is 0 Å². The van der Waals surface area contributed by atoms with Crippen LogP contribution in [0.5, 0.6) is 5.75 Å².